The highest BCUT2D eigenvalue weighted by atomic mass is 16.2. The fourth-order valence-corrected chi connectivity index (χ4v) is 2.90. The molecule has 0 radical (unpaired) electrons. The maximum absolute atomic E-state index is 12.7. The molecule has 2 aromatic rings. The summed E-state index contributed by atoms with van der Waals surface area (Å²) in [6, 6.07) is 5.69. The Morgan fingerprint density at radius 1 is 1.43 bits per heavy atom. The maximum Gasteiger partial charge on any atom is 0.253 e. The van der Waals surface area contributed by atoms with Crippen LogP contribution in [-0.4, -0.2) is 44.9 Å². The van der Waals surface area contributed by atoms with Crippen LogP contribution in [-0.2, 0) is 7.05 Å². The molecule has 1 fully saturated rings. The van der Waals surface area contributed by atoms with Gasteiger partial charge in [0.15, 0.2) is 0 Å². The van der Waals surface area contributed by atoms with Crippen LogP contribution >= 0.6 is 0 Å². The Bertz CT molecular complexity index is 690. The molecule has 112 valence electrons. The van der Waals surface area contributed by atoms with Crippen molar-refractivity contribution in [2.24, 2.45) is 18.2 Å². The first-order valence-electron chi connectivity index (χ1n) is 7.23. The lowest BCUT2D eigenvalue weighted by atomic mass is 9.79. The summed E-state index contributed by atoms with van der Waals surface area (Å²) in [5.74, 6) is 0.0440. The molecule has 1 amide bonds. The predicted octanol–water partition coefficient (Wildman–Crippen LogP) is 1.17. The number of aromatic nitrogens is 3. The third kappa shape index (κ3) is 2.40. The number of hydrogen-bond donors (Lipinski definition) is 1. The average Bonchev–Trinajstić information content (AvgIpc) is 2.82. The topological polar surface area (TPSA) is 77.0 Å². The SMILES string of the molecule is Cn1nnc2cc(C(=O)N3CCC(N)C(C)(C)C3)ccc21. The molecule has 2 heterocycles. The van der Waals surface area contributed by atoms with Gasteiger partial charge in [-0.15, -0.1) is 5.10 Å². The molecule has 6 nitrogen and oxygen atoms in total. The second-order valence-electron chi connectivity index (χ2n) is 6.53. The van der Waals surface area contributed by atoms with Crippen LogP contribution in [0.15, 0.2) is 18.2 Å². The van der Waals surface area contributed by atoms with Crippen molar-refractivity contribution >= 4 is 16.9 Å². The third-order valence-electron chi connectivity index (χ3n) is 4.46. The Morgan fingerprint density at radius 3 is 2.90 bits per heavy atom. The summed E-state index contributed by atoms with van der Waals surface area (Å²) in [5, 5.41) is 8.04. The van der Waals surface area contributed by atoms with Gasteiger partial charge < -0.3 is 10.6 Å². The number of nitrogens with zero attached hydrogens (tertiary/aromatic N) is 4. The molecule has 0 bridgehead atoms. The first-order valence-corrected chi connectivity index (χ1v) is 7.23. The number of rotatable bonds is 1. The molecule has 0 saturated carbocycles. The fraction of sp³-hybridized carbons (Fsp3) is 0.533. The van der Waals surface area contributed by atoms with Gasteiger partial charge in [0.1, 0.15) is 5.52 Å². The van der Waals surface area contributed by atoms with Gasteiger partial charge in [-0.1, -0.05) is 19.1 Å². The predicted molar refractivity (Wildman–Crippen MR) is 80.8 cm³/mol. The Labute approximate surface area is 123 Å². The van der Waals surface area contributed by atoms with Crippen LogP contribution in [0.5, 0.6) is 0 Å². The van der Waals surface area contributed by atoms with Crippen molar-refractivity contribution in [1.82, 2.24) is 19.9 Å². The van der Waals surface area contributed by atoms with Crippen LogP contribution in [0, 0.1) is 5.41 Å². The summed E-state index contributed by atoms with van der Waals surface area (Å²) in [4.78, 5) is 14.6. The van der Waals surface area contributed by atoms with Crippen LogP contribution in [0.2, 0.25) is 0 Å². The number of carbonyl (C=O) groups is 1. The average molecular weight is 287 g/mol. The Kier molecular flexibility index (Phi) is 3.20. The maximum atomic E-state index is 12.7. The summed E-state index contributed by atoms with van der Waals surface area (Å²) < 4.78 is 1.70. The van der Waals surface area contributed by atoms with Crippen molar-refractivity contribution in [3.8, 4) is 0 Å². The van der Waals surface area contributed by atoms with Crippen LogP contribution in [0.3, 0.4) is 0 Å². The van der Waals surface area contributed by atoms with Crippen molar-refractivity contribution in [3.05, 3.63) is 23.8 Å². The molecule has 21 heavy (non-hydrogen) atoms. The lowest BCUT2D eigenvalue weighted by molar-refractivity contribution is 0.0533. The van der Waals surface area contributed by atoms with Crippen molar-refractivity contribution < 1.29 is 4.79 Å². The molecule has 1 atom stereocenters. The molecule has 0 aliphatic carbocycles. The van der Waals surface area contributed by atoms with E-state index in [1.807, 2.05) is 30.1 Å². The molecule has 1 aliphatic heterocycles. The zero-order chi connectivity index (χ0) is 15.2. The fourth-order valence-electron chi connectivity index (χ4n) is 2.90. The van der Waals surface area contributed by atoms with Crippen LogP contribution < -0.4 is 5.73 Å². The van der Waals surface area contributed by atoms with Crippen LogP contribution in [0.25, 0.3) is 11.0 Å². The van der Waals surface area contributed by atoms with Crippen molar-refractivity contribution in [1.29, 1.82) is 0 Å². The summed E-state index contributed by atoms with van der Waals surface area (Å²) in [5.41, 5.74) is 8.41. The first kappa shape index (κ1) is 14.0. The summed E-state index contributed by atoms with van der Waals surface area (Å²) >= 11 is 0. The lowest BCUT2D eigenvalue weighted by Gasteiger charge is -2.42. The van der Waals surface area contributed by atoms with E-state index in [9.17, 15) is 4.79 Å². The smallest absolute Gasteiger partial charge is 0.253 e. The molecule has 3 rings (SSSR count). The number of piperidine rings is 1. The zero-order valence-electron chi connectivity index (χ0n) is 12.7. The van der Waals surface area contributed by atoms with Gasteiger partial charge in [0.05, 0.1) is 5.52 Å². The number of benzene rings is 1. The molecular weight excluding hydrogens is 266 g/mol. The number of amides is 1. The molecule has 1 saturated heterocycles. The third-order valence-corrected chi connectivity index (χ3v) is 4.46. The van der Waals surface area contributed by atoms with Crippen molar-refractivity contribution in [3.63, 3.8) is 0 Å². The minimum absolute atomic E-state index is 0.0440. The summed E-state index contributed by atoms with van der Waals surface area (Å²) in [7, 11) is 1.84. The van der Waals surface area contributed by atoms with Crippen LogP contribution in [0.1, 0.15) is 30.6 Å². The van der Waals surface area contributed by atoms with E-state index in [1.54, 1.807) is 4.68 Å². The van der Waals surface area contributed by atoms with E-state index in [2.05, 4.69) is 24.2 Å². The molecule has 2 N–H and O–H groups in total. The van der Waals surface area contributed by atoms with E-state index in [4.69, 9.17) is 5.73 Å². The van der Waals surface area contributed by atoms with Gasteiger partial charge in [-0.25, -0.2) is 4.68 Å². The second kappa shape index (κ2) is 4.80. The largest absolute Gasteiger partial charge is 0.338 e. The van der Waals surface area contributed by atoms with E-state index >= 15 is 0 Å². The van der Waals surface area contributed by atoms with Gasteiger partial charge in [-0.05, 0) is 30.0 Å². The van der Waals surface area contributed by atoms with Gasteiger partial charge in [-0.3, -0.25) is 4.79 Å². The standard InChI is InChI=1S/C15H21N5O/c1-15(2)9-20(7-6-13(15)16)14(21)10-4-5-12-11(8-10)17-18-19(12)3/h4-5,8,13H,6-7,9,16H2,1-3H3. The highest BCUT2D eigenvalue weighted by Gasteiger charge is 2.35. The first-order chi connectivity index (χ1) is 9.88. The quantitative estimate of drug-likeness (QED) is 0.854. The van der Waals surface area contributed by atoms with Crippen molar-refractivity contribution in [2.75, 3.05) is 13.1 Å². The molecule has 1 aromatic carbocycles. The van der Waals surface area contributed by atoms with E-state index in [-0.39, 0.29) is 17.4 Å². The van der Waals surface area contributed by atoms with Gasteiger partial charge in [0.2, 0.25) is 0 Å². The van der Waals surface area contributed by atoms with E-state index in [0.29, 0.717) is 18.7 Å². The van der Waals surface area contributed by atoms with Crippen LogP contribution in [0.4, 0.5) is 0 Å². The van der Waals surface area contributed by atoms with Gasteiger partial charge in [-0.2, -0.15) is 0 Å². The van der Waals surface area contributed by atoms with Gasteiger partial charge >= 0.3 is 0 Å². The second-order valence-corrected chi connectivity index (χ2v) is 6.53. The highest BCUT2D eigenvalue weighted by Crippen LogP contribution is 2.28. The number of carbonyl (C=O) groups excluding carboxylic acids is 1. The molecule has 1 unspecified atom stereocenters. The normalized spacial score (nSPS) is 21.7. The van der Waals surface area contributed by atoms with E-state index < -0.39 is 0 Å². The molecule has 0 spiro atoms. The van der Waals surface area contributed by atoms with Gasteiger partial charge in [0.25, 0.3) is 5.91 Å². The Balaban J connectivity index is 1.86. The lowest BCUT2D eigenvalue weighted by Crippen LogP contribution is -2.53. The number of fused-ring (bicyclic) bond motifs is 1. The van der Waals surface area contributed by atoms with Crippen molar-refractivity contribution in [2.45, 2.75) is 26.3 Å². The number of hydrogen-bond acceptors (Lipinski definition) is 4. The number of nitrogens with two attached hydrogens (primary N) is 1. The Hall–Kier alpha value is -1.95. The highest BCUT2D eigenvalue weighted by molar-refractivity contribution is 5.97. The van der Waals surface area contributed by atoms with E-state index in [1.165, 1.54) is 0 Å². The molecule has 6 heteroatoms. The zero-order valence-corrected chi connectivity index (χ0v) is 12.7. The minimum atomic E-state index is -0.0510. The van der Waals surface area contributed by atoms with E-state index in [0.717, 1.165) is 17.5 Å². The summed E-state index contributed by atoms with van der Waals surface area (Å²) in [6.45, 7) is 5.62. The monoisotopic (exact) mass is 287 g/mol. The Morgan fingerprint density at radius 2 is 2.19 bits per heavy atom. The minimum Gasteiger partial charge on any atom is -0.338 e. The summed E-state index contributed by atoms with van der Waals surface area (Å²) in [6.07, 6.45) is 0.839. The number of aryl methyl sites for hydroxylation is 1. The number of likely N-dealkylation sites (tertiary alicyclic amines) is 1. The van der Waals surface area contributed by atoms with Gasteiger partial charge in [0, 0.05) is 31.7 Å². The molecular formula is C15H21N5O. The molecule has 1 aliphatic rings. The molecule has 1 aromatic heterocycles.